The molecule has 1 atom stereocenters. The lowest BCUT2D eigenvalue weighted by molar-refractivity contribution is -0.140. The van der Waals surface area contributed by atoms with Gasteiger partial charge in [0.2, 0.25) is 0 Å². The fourth-order valence-corrected chi connectivity index (χ4v) is 5.23. The molecule has 4 heteroatoms. The number of imide groups is 1. The number of piperidine rings is 1. The van der Waals surface area contributed by atoms with Crippen LogP contribution in [0.4, 0.5) is 0 Å². The quantitative estimate of drug-likeness (QED) is 0.683. The number of benzene rings is 1. The molecule has 0 N–H and O–H groups in total. The molecule has 0 bridgehead atoms. The number of carbonyl (C=O) groups is 2. The van der Waals surface area contributed by atoms with Crippen LogP contribution >= 0.6 is 0 Å². The molecule has 2 aliphatic heterocycles. The second-order valence-corrected chi connectivity index (χ2v) is 9.26. The predicted molar refractivity (Wildman–Crippen MR) is 116 cm³/mol. The number of hydrogen-bond acceptors (Lipinski definition) is 3. The third kappa shape index (κ3) is 4.12. The highest BCUT2D eigenvalue weighted by atomic mass is 16.2. The molecular formula is C25H34N2O2. The van der Waals surface area contributed by atoms with Gasteiger partial charge in [0, 0.05) is 19.1 Å². The van der Waals surface area contributed by atoms with E-state index in [0.717, 1.165) is 56.3 Å². The van der Waals surface area contributed by atoms with Gasteiger partial charge in [-0.05, 0) is 44.1 Å². The first kappa shape index (κ1) is 20.2. The number of carbonyl (C=O) groups excluding carboxylic acids is 2. The molecule has 4 nitrogen and oxygen atoms in total. The third-order valence-electron chi connectivity index (χ3n) is 6.84. The van der Waals surface area contributed by atoms with Gasteiger partial charge in [-0.15, -0.1) is 0 Å². The van der Waals surface area contributed by atoms with Crippen LogP contribution in [0.5, 0.6) is 0 Å². The number of hydrogen-bond donors (Lipinski definition) is 0. The van der Waals surface area contributed by atoms with E-state index in [-0.39, 0.29) is 17.9 Å². The van der Waals surface area contributed by atoms with E-state index in [4.69, 9.17) is 0 Å². The summed E-state index contributed by atoms with van der Waals surface area (Å²) in [6.07, 6.45) is 10.1. The first-order chi connectivity index (χ1) is 14.1. The molecule has 2 fully saturated rings. The van der Waals surface area contributed by atoms with Gasteiger partial charge < -0.3 is 4.90 Å². The molecule has 1 saturated heterocycles. The summed E-state index contributed by atoms with van der Waals surface area (Å²) in [5.41, 5.74) is 3.34. The molecule has 2 amide bonds. The van der Waals surface area contributed by atoms with Gasteiger partial charge in [0.1, 0.15) is 5.70 Å². The fraction of sp³-hybridized carbons (Fsp3) is 0.600. The smallest absolute Gasteiger partial charge is 0.278 e. The van der Waals surface area contributed by atoms with Gasteiger partial charge in [-0.25, -0.2) is 0 Å². The van der Waals surface area contributed by atoms with Crippen molar-refractivity contribution in [1.29, 1.82) is 0 Å². The van der Waals surface area contributed by atoms with Crippen LogP contribution in [-0.4, -0.2) is 40.7 Å². The van der Waals surface area contributed by atoms with E-state index in [1.165, 1.54) is 25.7 Å². The van der Waals surface area contributed by atoms with Crippen LogP contribution in [0, 0.1) is 12.8 Å². The lowest BCUT2D eigenvalue weighted by Gasteiger charge is -2.34. The maximum Gasteiger partial charge on any atom is 0.278 e. The molecule has 3 aliphatic rings. The Morgan fingerprint density at radius 2 is 1.48 bits per heavy atom. The number of likely N-dealkylation sites (tertiary alicyclic amines) is 1. The van der Waals surface area contributed by atoms with Gasteiger partial charge in [0.15, 0.2) is 0 Å². The SMILES string of the molecule is Cc1ccc(C2=C(N3CCCC(C)C3)C(=O)N(C3CCCCCCC3)C2=O)cc1. The Labute approximate surface area is 175 Å². The van der Waals surface area contributed by atoms with Crippen molar-refractivity contribution in [1.82, 2.24) is 9.80 Å². The summed E-state index contributed by atoms with van der Waals surface area (Å²) in [6, 6.07) is 8.13. The molecule has 1 aliphatic carbocycles. The Morgan fingerprint density at radius 1 is 0.828 bits per heavy atom. The third-order valence-corrected chi connectivity index (χ3v) is 6.84. The van der Waals surface area contributed by atoms with Crippen molar-refractivity contribution in [3.63, 3.8) is 0 Å². The second kappa shape index (κ2) is 8.73. The van der Waals surface area contributed by atoms with Crippen molar-refractivity contribution >= 4 is 17.4 Å². The minimum atomic E-state index is -0.0716. The first-order valence-corrected chi connectivity index (χ1v) is 11.5. The Bertz CT molecular complexity index is 788. The molecular weight excluding hydrogens is 360 g/mol. The van der Waals surface area contributed by atoms with Crippen molar-refractivity contribution in [3.8, 4) is 0 Å². The van der Waals surface area contributed by atoms with Crippen LogP contribution in [0.1, 0.15) is 75.8 Å². The molecule has 0 radical (unpaired) electrons. The van der Waals surface area contributed by atoms with Crippen molar-refractivity contribution in [2.75, 3.05) is 13.1 Å². The zero-order valence-corrected chi connectivity index (χ0v) is 18.0. The first-order valence-electron chi connectivity index (χ1n) is 11.5. The zero-order chi connectivity index (χ0) is 20.4. The predicted octanol–water partition coefficient (Wildman–Crippen LogP) is 4.92. The monoisotopic (exact) mass is 394 g/mol. The normalized spacial score (nSPS) is 24.8. The second-order valence-electron chi connectivity index (χ2n) is 9.26. The molecule has 0 aromatic heterocycles. The topological polar surface area (TPSA) is 40.6 Å². The van der Waals surface area contributed by atoms with Gasteiger partial charge >= 0.3 is 0 Å². The number of nitrogens with zero attached hydrogens (tertiary/aromatic N) is 2. The summed E-state index contributed by atoms with van der Waals surface area (Å²) in [4.78, 5) is 31.2. The van der Waals surface area contributed by atoms with Gasteiger partial charge in [-0.3, -0.25) is 14.5 Å². The molecule has 1 unspecified atom stereocenters. The Kier molecular flexibility index (Phi) is 6.07. The van der Waals surface area contributed by atoms with E-state index < -0.39 is 0 Å². The molecule has 2 heterocycles. The van der Waals surface area contributed by atoms with Crippen LogP contribution in [0.25, 0.3) is 5.57 Å². The minimum absolute atomic E-state index is 0.0507. The van der Waals surface area contributed by atoms with Crippen molar-refractivity contribution in [3.05, 3.63) is 41.1 Å². The molecule has 1 aromatic rings. The van der Waals surface area contributed by atoms with Crippen molar-refractivity contribution in [2.45, 2.75) is 77.7 Å². The molecule has 29 heavy (non-hydrogen) atoms. The Hall–Kier alpha value is -2.10. The summed E-state index contributed by atoms with van der Waals surface area (Å²) in [7, 11) is 0. The van der Waals surface area contributed by atoms with E-state index >= 15 is 0 Å². The van der Waals surface area contributed by atoms with E-state index in [2.05, 4.69) is 11.8 Å². The van der Waals surface area contributed by atoms with Gasteiger partial charge in [-0.2, -0.15) is 0 Å². The van der Waals surface area contributed by atoms with E-state index in [9.17, 15) is 9.59 Å². The number of rotatable bonds is 3. The van der Waals surface area contributed by atoms with Crippen LogP contribution in [0.15, 0.2) is 30.0 Å². The summed E-state index contributed by atoms with van der Waals surface area (Å²) in [6.45, 7) is 6.02. The van der Waals surface area contributed by atoms with Crippen LogP contribution in [0.2, 0.25) is 0 Å². The highest BCUT2D eigenvalue weighted by Gasteiger charge is 2.45. The highest BCUT2D eigenvalue weighted by molar-refractivity contribution is 6.35. The summed E-state index contributed by atoms with van der Waals surface area (Å²) in [5.74, 6) is 0.428. The highest BCUT2D eigenvalue weighted by Crippen LogP contribution is 2.37. The maximum atomic E-state index is 13.7. The summed E-state index contributed by atoms with van der Waals surface area (Å²) in [5, 5.41) is 0. The molecule has 0 spiro atoms. The lowest BCUT2D eigenvalue weighted by Crippen LogP contribution is -2.44. The molecule has 4 rings (SSSR count). The number of amides is 2. The zero-order valence-electron chi connectivity index (χ0n) is 18.0. The van der Waals surface area contributed by atoms with Crippen molar-refractivity contribution in [2.24, 2.45) is 5.92 Å². The molecule has 1 aromatic carbocycles. The number of aryl methyl sites for hydroxylation is 1. The largest absolute Gasteiger partial charge is 0.366 e. The average molecular weight is 395 g/mol. The fourth-order valence-electron chi connectivity index (χ4n) is 5.23. The van der Waals surface area contributed by atoms with Crippen LogP contribution < -0.4 is 0 Å². The van der Waals surface area contributed by atoms with E-state index in [1.54, 1.807) is 4.90 Å². The summed E-state index contributed by atoms with van der Waals surface area (Å²) < 4.78 is 0. The lowest BCUT2D eigenvalue weighted by atomic mass is 9.95. The minimum Gasteiger partial charge on any atom is -0.366 e. The molecule has 156 valence electrons. The van der Waals surface area contributed by atoms with Crippen LogP contribution in [0.3, 0.4) is 0 Å². The summed E-state index contributed by atoms with van der Waals surface area (Å²) >= 11 is 0. The maximum absolute atomic E-state index is 13.7. The average Bonchev–Trinajstić information content (AvgIpc) is 2.93. The van der Waals surface area contributed by atoms with Gasteiger partial charge in [0.25, 0.3) is 11.8 Å². The van der Waals surface area contributed by atoms with Crippen molar-refractivity contribution < 1.29 is 9.59 Å². The van der Waals surface area contributed by atoms with Gasteiger partial charge in [-0.1, -0.05) is 68.9 Å². The van der Waals surface area contributed by atoms with E-state index in [1.807, 2.05) is 31.2 Å². The van der Waals surface area contributed by atoms with Gasteiger partial charge in [0.05, 0.1) is 5.57 Å². The van der Waals surface area contributed by atoms with Crippen LogP contribution in [-0.2, 0) is 9.59 Å². The Balaban J connectivity index is 1.72. The molecule has 1 saturated carbocycles. The van der Waals surface area contributed by atoms with E-state index in [0.29, 0.717) is 17.2 Å². The standard InChI is InChI=1S/C25H34N2O2/c1-18-12-14-20(15-13-18)22-23(26-16-8-9-19(2)17-26)25(29)27(24(22)28)21-10-6-4-3-5-7-11-21/h12-15,19,21H,3-11,16-17H2,1-2H3. The Morgan fingerprint density at radius 3 is 2.14 bits per heavy atom.